The van der Waals surface area contributed by atoms with E-state index in [1.165, 1.54) is 0 Å². The van der Waals surface area contributed by atoms with E-state index in [0.717, 1.165) is 61.8 Å². The molecule has 0 unspecified atom stereocenters. The highest BCUT2D eigenvalue weighted by Crippen LogP contribution is 2.43. The predicted octanol–water partition coefficient (Wildman–Crippen LogP) is 7.46. The van der Waals surface area contributed by atoms with Gasteiger partial charge in [-0.25, -0.2) is 4.98 Å². The van der Waals surface area contributed by atoms with Crippen molar-refractivity contribution in [2.45, 2.75) is 0 Å². The Bertz CT molecular complexity index is 1450. The zero-order valence-corrected chi connectivity index (χ0v) is 21.3. The van der Waals surface area contributed by atoms with Gasteiger partial charge in [-0.15, -0.1) is 0 Å². The van der Waals surface area contributed by atoms with Crippen LogP contribution in [-0.4, -0.2) is 26.1 Å². The van der Waals surface area contributed by atoms with Gasteiger partial charge in [0.1, 0.15) is 0 Å². The average Bonchev–Trinajstić information content (AvgIpc) is 2.97. The lowest BCUT2D eigenvalue weighted by Crippen LogP contribution is -2.05. The van der Waals surface area contributed by atoms with Crippen LogP contribution in [0.3, 0.4) is 0 Å². The minimum absolute atomic E-state index is 0.709. The fourth-order valence-electron chi connectivity index (χ4n) is 4.70. The first-order valence-corrected chi connectivity index (χ1v) is 12.4. The van der Waals surface area contributed by atoms with Gasteiger partial charge in [-0.1, -0.05) is 84.9 Å². The zero-order valence-electron chi connectivity index (χ0n) is 21.3. The maximum absolute atomic E-state index is 6.61. The summed E-state index contributed by atoms with van der Waals surface area (Å²) in [6, 6.07) is 35.5. The Labute approximate surface area is 218 Å². The van der Waals surface area contributed by atoms with Crippen molar-refractivity contribution in [3.8, 4) is 44.8 Å². The first-order valence-electron chi connectivity index (χ1n) is 12.4. The molecule has 1 aromatic heterocycles. The second-order valence-electron chi connectivity index (χ2n) is 8.82. The third-order valence-corrected chi connectivity index (χ3v) is 6.63. The van der Waals surface area contributed by atoms with Crippen molar-refractivity contribution in [1.82, 2.24) is 4.98 Å². The Morgan fingerprint density at radius 1 is 0.514 bits per heavy atom. The van der Waals surface area contributed by atoms with Gasteiger partial charge in [-0.2, -0.15) is 0 Å². The van der Waals surface area contributed by atoms with E-state index < -0.39 is 0 Å². The molecule has 5 rings (SSSR count). The summed E-state index contributed by atoms with van der Waals surface area (Å²) < 4.78 is 0. The molecule has 1 heterocycles. The lowest BCUT2D eigenvalue weighted by atomic mass is 9.95. The summed E-state index contributed by atoms with van der Waals surface area (Å²) >= 11 is 0. The number of nitrogen functional groups attached to an aromatic ring is 1. The van der Waals surface area contributed by atoms with E-state index in [-0.39, 0.29) is 0 Å². The molecule has 0 spiro atoms. The largest absolute Gasteiger partial charge is 0.396 e. The van der Waals surface area contributed by atoms with Crippen LogP contribution in [0.25, 0.3) is 44.8 Å². The summed E-state index contributed by atoms with van der Waals surface area (Å²) in [5.41, 5.74) is 18.5. The lowest BCUT2D eigenvalue weighted by molar-refractivity contribution is 1.32. The number of anilines is 4. The molecule has 37 heavy (non-hydrogen) atoms. The fraction of sp³-hybridized carbons (Fsp3) is 0.0938. The molecule has 4 aromatic carbocycles. The van der Waals surface area contributed by atoms with E-state index in [4.69, 9.17) is 10.7 Å². The summed E-state index contributed by atoms with van der Waals surface area (Å²) in [6.45, 7) is 0. The van der Waals surface area contributed by atoms with Gasteiger partial charge >= 0.3 is 0 Å². The van der Waals surface area contributed by atoms with Gasteiger partial charge in [0.05, 0.1) is 34.1 Å². The van der Waals surface area contributed by atoms with Crippen LogP contribution in [0, 0.1) is 0 Å². The second-order valence-corrected chi connectivity index (χ2v) is 8.82. The van der Waals surface area contributed by atoms with Gasteiger partial charge in [0.2, 0.25) is 0 Å². The van der Waals surface area contributed by atoms with Crippen molar-refractivity contribution >= 4 is 22.7 Å². The summed E-state index contributed by atoms with van der Waals surface area (Å²) in [5.74, 6) is 0. The zero-order chi connectivity index (χ0) is 25.8. The number of pyridine rings is 1. The van der Waals surface area contributed by atoms with Gasteiger partial charge in [0, 0.05) is 37.8 Å². The standard InChI is InChI=1S/C32H31N5/c1-34-28-20-29(35-2)32(36-3)30(31(28)33)24-16-14-21(15-17-24)25-18-26(22-10-6-4-7-11-22)37-27(19-25)23-12-8-5-9-13-23/h4-20,34-36H,33H2,1-3H3. The molecule has 184 valence electrons. The number of hydrogen-bond acceptors (Lipinski definition) is 5. The number of aromatic nitrogens is 1. The van der Waals surface area contributed by atoms with Crippen LogP contribution in [-0.2, 0) is 0 Å². The summed E-state index contributed by atoms with van der Waals surface area (Å²) in [4.78, 5) is 5.00. The van der Waals surface area contributed by atoms with Crippen LogP contribution in [0.5, 0.6) is 0 Å². The van der Waals surface area contributed by atoms with Crippen LogP contribution in [0.1, 0.15) is 0 Å². The Morgan fingerprint density at radius 3 is 1.51 bits per heavy atom. The molecule has 0 fully saturated rings. The number of hydrogen-bond donors (Lipinski definition) is 4. The summed E-state index contributed by atoms with van der Waals surface area (Å²) in [6.07, 6.45) is 0. The Kier molecular flexibility index (Phi) is 6.77. The van der Waals surface area contributed by atoms with Crippen LogP contribution in [0.2, 0.25) is 0 Å². The van der Waals surface area contributed by atoms with E-state index in [0.29, 0.717) is 5.69 Å². The molecule has 0 atom stereocenters. The SMILES string of the molecule is CNc1cc(NC)c(NC)c(-c2ccc(-c3cc(-c4ccccc4)nc(-c4ccccc4)c3)cc2)c1N. The molecular formula is C32H31N5. The molecule has 0 saturated carbocycles. The van der Waals surface area contributed by atoms with Crippen LogP contribution >= 0.6 is 0 Å². The highest BCUT2D eigenvalue weighted by molar-refractivity contribution is 6.00. The average molecular weight is 486 g/mol. The lowest BCUT2D eigenvalue weighted by Gasteiger charge is -2.20. The highest BCUT2D eigenvalue weighted by Gasteiger charge is 2.17. The molecule has 0 saturated heterocycles. The maximum atomic E-state index is 6.61. The van der Waals surface area contributed by atoms with E-state index in [9.17, 15) is 0 Å². The monoisotopic (exact) mass is 485 g/mol. The number of nitrogens with zero attached hydrogens (tertiary/aromatic N) is 1. The fourth-order valence-corrected chi connectivity index (χ4v) is 4.70. The van der Waals surface area contributed by atoms with Crippen molar-refractivity contribution in [3.05, 3.63) is 103 Å². The third-order valence-electron chi connectivity index (χ3n) is 6.63. The quantitative estimate of drug-likeness (QED) is 0.180. The van der Waals surface area contributed by atoms with Gasteiger partial charge in [-0.05, 0) is 34.9 Å². The van der Waals surface area contributed by atoms with Crippen LogP contribution in [0.4, 0.5) is 22.7 Å². The maximum Gasteiger partial charge on any atom is 0.0715 e. The van der Waals surface area contributed by atoms with E-state index >= 15 is 0 Å². The normalized spacial score (nSPS) is 10.7. The number of benzene rings is 4. The van der Waals surface area contributed by atoms with Gasteiger partial charge in [0.25, 0.3) is 0 Å². The first-order chi connectivity index (χ1) is 18.1. The van der Waals surface area contributed by atoms with Crippen LogP contribution < -0.4 is 21.7 Å². The van der Waals surface area contributed by atoms with E-state index in [1.54, 1.807) is 0 Å². The summed E-state index contributed by atoms with van der Waals surface area (Å²) in [5, 5.41) is 9.81. The first kappa shape index (κ1) is 23.9. The molecule has 5 nitrogen and oxygen atoms in total. The van der Waals surface area contributed by atoms with Crippen molar-refractivity contribution in [1.29, 1.82) is 0 Å². The highest BCUT2D eigenvalue weighted by atomic mass is 14.9. The molecule has 5 N–H and O–H groups in total. The van der Waals surface area contributed by atoms with Crippen molar-refractivity contribution in [2.24, 2.45) is 0 Å². The Morgan fingerprint density at radius 2 is 1.03 bits per heavy atom. The van der Waals surface area contributed by atoms with Crippen molar-refractivity contribution in [2.75, 3.05) is 42.8 Å². The second kappa shape index (κ2) is 10.5. The van der Waals surface area contributed by atoms with Gasteiger partial charge in [0.15, 0.2) is 0 Å². The topological polar surface area (TPSA) is 75.0 Å². The molecule has 0 aliphatic rings. The Balaban J connectivity index is 1.62. The molecule has 5 heteroatoms. The summed E-state index contributed by atoms with van der Waals surface area (Å²) in [7, 11) is 5.71. The van der Waals surface area contributed by atoms with Gasteiger partial charge < -0.3 is 21.7 Å². The third kappa shape index (κ3) is 4.71. The number of nitrogens with two attached hydrogens (primary N) is 1. The smallest absolute Gasteiger partial charge is 0.0715 e. The molecule has 0 radical (unpaired) electrons. The number of nitrogens with one attached hydrogen (secondary N) is 3. The minimum atomic E-state index is 0.709. The predicted molar refractivity (Wildman–Crippen MR) is 159 cm³/mol. The van der Waals surface area contributed by atoms with Crippen LogP contribution in [0.15, 0.2) is 103 Å². The molecule has 5 aromatic rings. The van der Waals surface area contributed by atoms with E-state index in [2.05, 4.69) is 76.6 Å². The van der Waals surface area contributed by atoms with Crippen molar-refractivity contribution < 1.29 is 0 Å². The molecule has 0 bridgehead atoms. The van der Waals surface area contributed by atoms with Crippen molar-refractivity contribution in [3.63, 3.8) is 0 Å². The Hall–Kier alpha value is -4.77. The molecule has 0 amide bonds. The molecule has 0 aliphatic heterocycles. The molecule has 0 aliphatic carbocycles. The number of rotatable bonds is 7. The minimum Gasteiger partial charge on any atom is -0.396 e. The molecular weight excluding hydrogens is 454 g/mol. The van der Waals surface area contributed by atoms with Gasteiger partial charge in [-0.3, -0.25) is 0 Å². The van der Waals surface area contributed by atoms with E-state index in [1.807, 2.05) is 63.6 Å².